The van der Waals surface area contributed by atoms with E-state index in [0.29, 0.717) is 16.1 Å². The van der Waals surface area contributed by atoms with Gasteiger partial charge in [-0.3, -0.25) is 4.79 Å². The van der Waals surface area contributed by atoms with Crippen LogP contribution in [-0.2, 0) is 0 Å². The largest absolute Gasteiger partial charge is 0.355 e. The van der Waals surface area contributed by atoms with E-state index in [0.717, 1.165) is 5.56 Å². The third-order valence-electron chi connectivity index (χ3n) is 2.61. The van der Waals surface area contributed by atoms with Gasteiger partial charge in [0, 0.05) is 23.2 Å². The van der Waals surface area contributed by atoms with Crippen LogP contribution in [0.25, 0.3) is 11.1 Å². The Balaban J connectivity index is 2.41. The highest BCUT2D eigenvalue weighted by Gasteiger charge is 2.09. The Hall–Kier alpha value is -1.87. The second-order valence-corrected chi connectivity index (χ2v) is 4.22. The maximum Gasteiger partial charge on any atom is 0.251 e. The summed E-state index contributed by atoms with van der Waals surface area (Å²) >= 11 is 5.78. The molecule has 0 heterocycles. The fourth-order valence-corrected chi connectivity index (χ4v) is 1.79. The minimum Gasteiger partial charge on any atom is -0.355 e. The molecule has 0 aliphatic carbocycles. The Bertz CT molecular complexity index is 581. The van der Waals surface area contributed by atoms with Gasteiger partial charge >= 0.3 is 0 Å². The molecule has 0 unspecified atom stereocenters. The van der Waals surface area contributed by atoms with E-state index in [1.54, 1.807) is 36.4 Å². The lowest BCUT2D eigenvalue weighted by molar-refractivity contribution is 0.0962. The smallest absolute Gasteiger partial charge is 0.251 e. The molecule has 0 aliphatic heterocycles. The summed E-state index contributed by atoms with van der Waals surface area (Å²) in [5.41, 5.74) is 1.47. The molecule has 0 fully saturated rings. The number of carbonyl (C=O) groups is 1. The van der Waals surface area contributed by atoms with Gasteiger partial charge < -0.3 is 5.32 Å². The van der Waals surface area contributed by atoms with Gasteiger partial charge in [-0.25, -0.2) is 4.39 Å². The van der Waals surface area contributed by atoms with Gasteiger partial charge in [-0.1, -0.05) is 29.8 Å². The number of amides is 1. The summed E-state index contributed by atoms with van der Waals surface area (Å²) in [6.45, 7) is 0. The maximum absolute atomic E-state index is 13.9. The molecule has 0 bridgehead atoms. The van der Waals surface area contributed by atoms with Gasteiger partial charge in [0.05, 0.1) is 0 Å². The van der Waals surface area contributed by atoms with Crippen LogP contribution in [0, 0.1) is 5.82 Å². The van der Waals surface area contributed by atoms with Crippen molar-refractivity contribution >= 4 is 17.5 Å². The third-order valence-corrected chi connectivity index (χ3v) is 2.87. The average Bonchev–Trinajstić information content (AvgIpc) is 2.39. The van der Waals surface area contributed by atoms with Crippen molar-refractivity contribution in [1.82, 2.24) is 5.32 Å². The molecule has 92 valence electrons. The van der Waals surface area contributed by atoms with Gasteiger partial charge in [-0.15, -0.1) is 0 Å². The van der Waals surface area contributed by atoms with Gasteiger partial charge in [0.1, 0.15) is 5.82 Å². The van der Waals surface area contributed by atoms with E-state index in [9.17, 15) is 9.18 Å². The molecular formula is C14H11ClFNO. The zero-order valence-electron chi connectivity index (χ0n) is 9.71. The van der Waals surface area contributed by atoms with Crippen molar-refractivity contribution in [3.05, 3.63) is 58.9 Å². The number of hydrogen-bond acceptors (Lipinski definition) is 1. The molecule has 0 saturated carbocycles. The van der Waals surface area contributed by atoms with Crippen LogP contribution in [0.1, 0.15) is 10.4 Å². The van der Waals surface area contributed by atoms with E-state index >= 15 is 0 Å². The standard InChI is InChI=1S/C14H11ClFNO/c1-17-14(18)10-4-7-12(13(16)8-10)9-2-5-11(15)6-3-9/h2-8H,1H3,(H,17,18). The molecule has 0 atom stereocenters. The fourth-order valence-electron chi connectivity index (χ4n) is 1.66. The van der Waals surface area contributed by atoms with Crippen molar-refractivity contribution in [2.75, 3.05) is 7.05 Å². The molecule has 1 N–H and O–H groups in total. The van der Waals surface area contributed by atoms with Crippen LogP contribution in [0.5, 0.6) is 0 Å². The molecule has 1 amide bonds. The van der Waals surface area contributed by atoms with E-state index in [1.807, 2.05) is 0 Å². The van der Waals surface area contributed by atoms with E-state index in [-0.39, 0.29) is 5.91 Å². The fraction of sp³-hybridized carbons (Fsp3) is 0.0714. The van der Waals surface area contributed by atoms with Gasteiger partial charge in [0.15, 0.2) is 0 Å². The molecule has 2 rings (SSSR count). The van der Waals surface area contributed by atoms with Crippen LogP contribution in [0.2, 0.25) is 5.02 Å². The minimum absolute atomic E-state index is 0.299. The normalized spacial score (nSPS) is 10.2. The molecule has 0 aliphatic rings. The Kier molecular flexibility index (Phi) is 3.63. The summed E-state index contributed by atoms with van der Waals surface area (Å²) in [6.07, 6.45) is 0. The van der Waals surface area contributed by atoms with Crippen LogP contribution in [-0.4, -0.2) is 13.0 Å². The second kappa shape index (κ2) is 5.19. The first-order valence-corrected chi connectivity index (χ1v) is 5.77. The molecule has 2 aromatic rings. The molecule has 0 spiro atoms. The van der Waals surface area contributed by atoms with Crippen LogP contribution in [0.4, 0.5) is 4.39 Å². The average molecular weight is 264 g/mol. The number of benzene rings is 2. The number of nitrogens with one attached hydrogen (secondary N) is 1. The molecular weight excluding hydrogens is 253 g/mol. The number of rotatable bonds is 2. The first kappa shape index (κ1) is 12.6. The Labute approximate surface area is 109 Å². The zero-order chi connectivity index (χ0) is 13.1. The summed E-state index contributed by atoms with van der Waals surface area (Å²) in [4.78, 5) is 11.4. The lowest BCUT2D eigenvalue weighted by Gasteiger charge is -2.06. The molecule has 2 nitrogen and oxygen atoms in total. The SMILES string of the molecule is CNC(=O)c1ccc(-c2ccc(Cl)cc2)c(F)c1. The Morgan fingerprint density at radius 2 is 1.83 bits per heavy atom. The lowest BCUT2D eigenvalue weighted by Crippen LogP contribution is -2.17. The molecule has 0 aromatic heterocycles. The van der Waals surface area contributed by atoms with Crippen LogP contribution in [0.3, 0.4) is 0 Å². The van der Waals surface area contributed by atoms with Gasteiger partial charge in [-0.2, -0.15) is 0 Å². The van der Waals surface area contributed by atoms with Crippen molar-refractivity contribution in [2.24, 2.45) is 0 Å². The van der Waals surface area contributed by atoms with Crippen LogP contribution < -0.4 is 5.32 Å². The van der Waals surface area contributed by atoms with Gasteiger partial charge in [-0.05, 0) is 29.8 Å². The lowest BCUT2D eigenvalue weighted by atomic mass is 10.0. The van der Waals surface area contributed by atoms with Gasteiger partial charge in [0.2, 0.25) is 0 Å². The molecule has 2 aromatic carbocycles. The molecule has 18 heavy (non-hydrogen) atoms. The van der Waals surface area contributed by atoms with Crippen molar-refractivity contribution in [1.29, 1.82) is 0 Å². The summed E-state index contributed by atoms with van der Waals surface area (Å²) in [7, 11) is 1.51. The number of carbonyl (C=O) groups excluding carboxylic acids is 1. The van der Waals surface area contributed by atoms with E-state index < -0.39 is 5.82 Å². The summed E-state index contributed by atoms with van der Waals surface area (Å²) in [5.74, 6) is -0.741. The number of halogens is 2. The first-order valence-electron chi connectivity index (χ1n) is 5.39. The minimum atomic E-state index is -0.432. The van der Waals surface area contributed by atoms with E-state index in [1.165, 1.54) is 13.1 Å². The predicted molar refractivity (Wildman–Crippen MR) is 70.2 cm³/mol. The Morgan fingerprint density at radius 1 is 1.17 bits per heavy atom. The molecule has 0 saturated heterocycles. The van der Waals surface area contributed by atoms with Crippen LogP contribution in [0.15, 0.2) is 42.5 Å². The molecule has 4 heteroatoms. The molecule has 0 radical (unpaired) electrons. The monoisotopic (exact) mass is 263 g/mol. The van der Waals surface area contributed by atoms with Crippen LogP contribution >= 0.6 is 11.6 Å². The van der Waals surface area contributed by atoms with E-state index in [4.69, 9.17) is 11.6 Å². The number of hydrogen-bond donors (Lipinski definition) is 1. The van der Waals surface area contributed by atoms with E-state index in [2.05, 4.69) is 5.32 Å². The quantitative estimate of drug-likeness (QED) is 0.883. The van der Waals surface area contributed by atoms with Crippen molar-refractivity contribution < 1.29 is 9.18 Å². The summed E-state index contributed by atoms with van der Waals surface area (Å²) in [6, 6.07) is 11.3. The highest BCUT2D eigenvalue weighted by Crippen LogP contribution is 2.25. The maximum atomic E-state index is 13.9. The second-order valence-electron chi connectivity index (χ2n) is 3.78. The predicted octanol–water partition coefficient (Wildman–Crippen LogP) is 3.51. The summed E-state index contributed by atoms with van der Waals surface area (Å²) in [5, 5.41) is 3.05. The van der Waals surface area contributed by atoms with Crippen molar-refractivity contribution in [3.8, 4) is 11.1 Å². The Morgan fingerprint density at radius 3 is 2.39 bits per heavy atom. The van der Waals surface area contributed by atoms with Crippen molar-refractivity contribution in [3.63, 3.8) is 0 Å². The van der Waals surface area contributed by atoms with Gasteiger partial charge in [0.25, 0.3) is 5.91 Å². The third kappa shape index (κ3) is 2.51. The zero-order valence-corrected chi connectivity index (χ0v) is 10.5. The highest BCUT2D eigenvalue weighted by molar-refractivity contribution is 6.30. The van der Waals surface area contributed by atoms with Crippen molar-refractivity contribution in [2.45, 2.75) is 0 Å². The summed E-state index contributed by atoms with van der Waals surface area (Å²) < 4.78 is 13.9. The first-order chi connectivity index (χ1) is 8.61. The topological polar surface area (TPSA) is 29.1 Å². The highest BCUT2D eigenvalue weighted by atomic mass is 35.5.